The van der Waals surface area contributed by atoms with Crippen LogP contribution in [0.25, 0.3) is 0 Å². The van der Waals surface area contributed by atoms with E-state index in [9.17, 15) is 0 Å². The molecule has 2 N–H and O–H groups in total. The Morgan fingerprint density at radius 1 is 1.21 bits per heavy atom. The molecule has 0 radical (unpaired) electrons. The second kappa shape index (κ2) is 11.8. The standard InChI is InChI=1S/C21H35N5O.HI/c1-4-22-21(23-15-17(2)26-10-12-27-13-11-26)24-16-18-7-8-20-19(14-18)6-5-9-25(20)3;/h7-8,14,17H,4-6,9-13,15-16H2,1-3H3,(H2,22,23,24);1H. The molecule has 1 atom stereocenters. The van der Waals surface area contributed by atoms with Crippen molar-refractivity contribution in [1.29, 1.82) is 0 Å². The molecule has 28 heavy (non-hydrogen) atoms. The van der Waals surface area contributed by atoms with Crippen LogP contribution >= 0.6 is 24.0 Å². The summed E-state index contributed by atoms with van der Waals surface area (Å²) < 4.78 is 5.45. The summed E-state index contributed by atoms with van der Waals surface area (Å²) in [6.45, 7) is 11.7. The third kappa shape index (κ3) is 6.49. The summed E-state index contributed by atoms with van der Waals surface area (Å²) in [5.41, 5.74) is 4.11. The first kappa shape index (κ1) is 23.2. The van der Waals surface area contributed by atoms with Crippen LogP contribution in [0, 0.1) is 0 Å². The number of aliphatic imine (C=N–C) groups is 1. The minimum Gasteiger partial charge on any atom is -0.379 e. The molecule has 0 aromatic heterocycles. The van der Waals surface area contributed by atoms with Gasteiger partial charge in [0.15, 0.2) is 5.96 Å². The number of nitrogens with one attached hydrogen (secondary N) is 2. The minimum absolute atomic E-state index is 0. The summed E-state index contributed by atoms with van der Waals surface area (Å²) in [4.78, 5) is 9.63. The number of morpholine rings is 1. The van der Waals surface area contributed by atoms with Crippen molar-refractivity contribution < 1.29 is 4.74 Å². The van der Waals surface area contributed by atoms with Crippen LogP contribution in [-0.2, 0) is 17.7 Å². The van der Waals surface area contributed by atoms with E-state index in [1.54, 1.807) is 0 Å². The molecule has 0 spiro atoms. The van der Waals surface area contributed by atoms with Gasteiger partial charge in [-0.2, -0.15) is 0 Å². The molecule has 1 unspecified atom stereocenters. The van der Waals surface area contributed by atoms with Crippen LogP contribution in [0.3, 0.4) is 0 Å². The van der Waals surface area contributed by atoms with Gasteiger partial charge in [0, 0.05) is 51.5 Å². The zero-order valence-electron chi connectivity index (χ0n) is 17.5. The van der Waals surface area contributed by atoms with Gasteiger partial charge in [0.05, 0.1) is 19.8 Å². The molecule has 0 amide bonds. The van der Waals surface area contributed by atoms with Crippen molar-refractivity contribution in [3.05, 3.63) is 29.3 Å². The molecule has 2 aliphatic rings. The van der Waals surface area contributed by atoms with Crippen LogP contribution in [0.5, 0.6) is 0 Å². The summed E-state index contributed by atoms with van der Waals surface area (Å²) >= 11 is 0. The molecule has 0 aliphatic carbocycles. The number of hydrogen-bond donors (Lipinski definition) is 2. The Hall–Kier alpha value is -1.06. The van der Waals surface area contributed by atoms with Crippen molar-refractivity contribution in [2.75, 3.05) is 57.9 Å². The molecule has 1 aromatic carbocycles. The number of hydrogen-bond acceptors (Lipinski definition) is 4. The molecule has 1 aromatic rings. The van der Waals surface area contributed by atoms with Crippen molar-refractivity contribution in [3.8, 4) is 0 Å². The van der Waals surface area contributed by atoms with Crippen LogP contribution in [0.2, 0.25) is 0 Å². The Labute approximate surface area is 187 Å². The van der Waals surface area contributed by atoms with Crippen LogP contribution < -0.4 is 15.5 Å². The van der Waals surface area contributed by atoms with Crippen molar-refractivity contribution in [2.24, 2.45) is 4.99 Å². The fourth-order valence-electron chi connectivity index (χ4n) is 3.84. The number of rotatable bonds is 6. The summed E-state index contributed by atoms with van der Waals surface area (Å²) in [6.07, 6.45) is 2.41. The third-order valence-electron chi connectivity index (χ3n) is 5.49. The van der Waals surface area contributed by atoms with Crippen molar-refractivity contribution in [3.63, 3.8) is 0 Å². The number of benzene rings is 1. The first-order valence-electron chi connectivity index (χ1n) is 10.3. The molecule has 3 rings (SSSR count). The molecule has 2 aliphatic heterocycles. The van der Waals surface area contributed by atoms with Crippen LogP contribution in [0.15, 0.2) is 23.2 Å². The molecular weight excluding hydrogens is 465 g/mol. The number of nitrogens with zero attached hydrogens (tertiary/aromatic N) is 3. The first-order valence-corrected chi connectivity index (χ1v) is 10.3. The summed E-state index contributed by atoms with van der Waals surface area (Å²) in [6, 6.07) is 7.26. The predicted octanol–water partition coefficient (Wildman–Crippen LogP) is 2.46. The van der Waals surface area contributed by atoms with Gasteiger partial charge in [-0.15, -0.1) is 24.0 Å². The molecule has 1 fully saturated rings. The SMILES string of the molecule is CCNC(=NCc1ccc2c(c1)CCCN2C)NCC(C)N1CCOCC1.I. The fraction of sp³-hybridized carbons (Fsp3) is 0.667. The van der Waals surface area contributed by atoms with Gasteiger partial charge in [0.25, 0.3) is 0 Å². The predicted molar refractivity (Wildman–Crippen MR) is 128 cm³/mol. The Morgan fingerprint density at radius 2 is 2.00 bits per heavy atom. The van der Waals surface area contributed by atoms with Gasteiger partial charge in [0.1, 0.15) is 0 Å². The second-order valence-corrected chi connectivity index (χ2v) is 7.56. The maximum Gasteiger partial charge on any atom is 0.191 e. The van der Waals surface area contributed by atoms with Crippen molar-refractivity contribution in [1.82, 2.24) is 15.5 Å². The molecule has 1 saturated heterocycles. The van der Waals surface area contributed by atoms with Crippen molar-refractivity contribution >= 4 is 35.6 Å². The Morgan fingerprint density at radius 3 is 2.75 bits per heavy atom. The van der Waals surface area contributed by atoms with Crippen LogP contribution in [0.4, 0.5) is 5.69 Å². The highest BCUT2D eigenvalue weighted by atomic mass is 127. The largest absolute Gasteiger partial charge is 0.379 e. The van der Waals surface area contributed by atoms with E-state index < -0.39 is 0 Å². The lowest BCUT2D eigenvalue weighted by Crippen LogP contribution is -2.49. The average molecular weight is 501 g/mol. The Kier molecular flexibility index (Phi) is 9.81. The molecule has 0 bridgehead atoms. The van der Waals surface area contributed by atoms with E-state index in [2.05, 4.69) is 59.5 Å². The van der Waals surface area contributed by atoms with E-state index in [-0.39, 0.29) is 24.0 Å². The van der Waals surface area contributed by atoms with E-state index in [0.29, 0.717) is 12.6 Å². The van der Waals surface area contributed by atoms with E-state index in [1.807, 2.05) is 0 Å². The van der Waals surface area contributed by atoms with E-state index in [0.717, 1.165) is 51.9 Å². The van der Waals surface area contributed by atoms with E-state index in [4.69, 9.17) is 9.73 Å². The minimum atomic E-state index is 0. The van der Waals surface area contributed by atoms with Gasteiger partial charge >= 0.3 is 0 Å². The molecule has 2 heterocycles. The number of anilines is 1. The quantitative estimate of drug-likeness (QED) is 0.357. The molecule has 7 heteroatoms. The smallest absolute Gasteiger partial charge is 0.191 e. The Bertz CT molecular complexity index is 633. The monoisotopic (exact) mass is 501 g/mol. The lowest BCUT2D eigenvalue weighted by molar-refractivity contribution is 0.0211. The molecule has 6 nitrogen and oxygen atoms in total. The van der Waals surface area contributed by atoms with Gasteiger partial charge in [0.2, 0.25) is 0 Å². The lowest BCUT2D eigenvalue weighted by Gasteiger charge is -2.32. The fourth-order valence-corrected chi connectivity index (χ4v) is 3.84. The zero-order valence-corrected chi connectivity index (χ0v) is 19.9. The van der Waals surface area contributed by atoms with Gasteiger partial charge in [-0.25, -0.2) is 4.99 Å². The number of fused-ring (bicyclic) bond motifs is 1. The highest BCUT2D eigenvalue weighted by Crippen LogP contribution is 2.26. The summed E-state index contributed by atoms with van der Waals surface area (Å²) in [5.74, 6) is 0.896. The van der Waals surface area contributed by atoms with Gasteiger partial charge in [-0.3, -0.25) is 4.90 Å². The van der Waals surface area contributed by atoms with E-state index >= 15 is 0 Å². The van der Waals surface area contributed by atoms with E-state index in [1.165, 1.54) is 29.7 Å². The zero-order chi connectivity index (χ0) is 19.1. The highest BCUT2D eigenvalue weighted by molar-refractivity contribution is 14.0. The maximum absolute atomic E-state index is 5.45. The van der Waals surface area contributed by atoms with Gasteiger partial charge in [-0.1, -0.05) is 12.1 Å². The number of aryl methyl sites for hydroxylation is 1. The lowest BCUT2D eigenvalue weighted by atomic mass is 10.00. The first-order chi connectivity index (χ1) is 13.2. The Balaban J connectivity index is 0.00000280. The van der Waals surface area contributed by atoms with Crippen molar-refractivity contribution in [2.45, 2.75) is 39.3 Å². The topological polar surface area (TPSA) is 52.1 Å². The summed E-state index contributed by atoms with van der Waals surface area (Å²) in [7, 11) is 2.18. The third-order valence-corrected chi connectivity index (χ3v) is 5.49. The normalized spacial score (nSPS) is 18.8. The maximum atomic E-state index is 5.45. The number of ether oxygens (including phenoxy) is 1. The molecular formula is C21H36IN5O. The summed E-state index contributed by atoms with van der Waals surface area (Å²) in [5, 5.41) is 6.87. The van der Waals surface area contributed by atoms with Crippen LogP contribution in [-0.4, -0.2) is 69.9 Å². The second-order valence-electron chi connectivity index (χ2n) is 7.56. The average Bonchev–Trinajstić information content (AvgIpc) is 2.70. The highest BCUT2D eigenvalue weighted by Gasteiger charge is 2.17. The molecule has 158 valence electrons. The number of halogens is 1. The number of guanidine groups is 1. The van der Waals surface area contributed by atoms with Crippen LogP contribution in [0.1, 0.15) is 31.4 Å². The van der Waals surface area contributed by atoms with Gasteiger partial charge < -0.3 is 20.3 Å². The molecule has 0 saturated carbocycles. The van der Waals surface area contributed by atoms with Gasteiger partial charge in [-0.05, 0) is 43.9 Å².